The van der Waals surface area contributed by atoms with E-state index in [9.17, 15) is 14.4 Å². The molecule has 3 amide bonds. The van der Waals surface area contributed by atoms with Gasteiger partial charge in [-0.1, -0.05) is 49.4 Å². The summed E-state index contributed by atoms with van der Waals surface area (Å²) in [5, 5.41) is 3.20. The molecular formula is C22H30ClN3O3. The highest BCUT2D eigenvalue weighted by molar-refractivity contribution is 6.33. The summed E-state index contributed by atoms with van der Waals surface area (Å²) in [4.78, 5) is 40.7. The van der Waals surface area contributed by atoms with Crippen LogP contribution in [0.15, 0.2) is 24.3 Å². The minimum atomic E-state index is -0.106. The maximum atomic E-state index is 12.7. The molecular weight excluding hydrogens is 390 g/mol. The Hall–Kier alpha value is -2.08. The van der Waals surface area contributed by atoms with E-state index in [2.05, 4.69) is 5.32 Å². The molecule has 6 nitrogen and oxygen atoms in total. The molecule has 0 aromatic heterocycles. The maximum absolute atomic E-state index is 12.7. The van der Waals surface area contributed by atoms with Crippen LogP contribution in [0.3, 0.4) is 0 Å². The molecule has 1 saturated carbocycles. The van der Waals surface area contributed by atoms with Gasteiger partial charge in [-0.2, -0.15) is 0 Å². The third-order valence-corrected chi connectivity index (χ3v) is 6.26. The molecule has 1 aliphatic carbocycles. The number of nitrogens with zero attached hydrogens (tertiary/aromatic N) is 2. The summed E-state index contributed by atoms with van der Waals surface area (Å²) in [5.74, 6) is 0.427. The van der Waals surface area contributed by atoms with E-state index in [0.717, 1.165) is 6.42 Å². The van der Waals surface area contributed by atoms with Crippen LogP contribution in [0.5, 0.6) is 0 Å². The second kappa shape index (κ2) is 10.6. The number of benzene rings is 1. The van der Waals surface area contributed by atoms with Crippen LogP contribution in [0.25, 0.3) is 0 Å². The van der Waals surface area contributed by atoms with E-state index in [0.29, 0.717) is 55.5 Å². The number of hydrogen-bond donors (Lipinski definition) is 1. The molecule has 1 aromatic rings. The minimum Gasteiger partial charge on any atom is -0.347 e. The molecule has 1 aliphatic heterocycles. The van der Waals surface area contributed by atoms with Crippen LogP contribution < -0.4 is 5.32 Å². The molecule has 1 aromatic carbocycles. The lowest BCUT2D eigenvalue weighted by Crippen LogP contribution is -2.42. The number of hydrogen-bond acceptors (Lipinski definition) is 3. The predicted molar refractivity (Wildman–Crippen MR) is 113 cm³/mol. The average Bonchev–Trinajstić information content (AvgIpc) is 3.13. The van der Waals surface area contributed by atoms with E-state index in [-0.39, 0.29) is 24.3 Å². The van der Waals surface area contributed by atoms with E-state index in [4.69, 9.17) is 11.6 Å². The molecule has 0 unspecified atom stereocenters. The molecule has 1 heterocycles. The van der Waals surface area contributed by atoms with Crippen molar-refractivity contribution < 1.29 is 14.4 Å². The number of nitrogens with one attached hydrogen (secondary N) is 1. The molecule has 1 N–H and O–H groups in total. The topological polar surface area (TPSA) is 69.7 Å². The van der Waals surface area contributed by atoms with Gasteiger partial charge in [0.15, 0.2) is 0 Å². The van der Waals surface area contributed by atoms with Crippen molar-refractivity contribution in [1.29, 1.82) is 0 Å². The molecule has 0 radical (unpaired) electrons. The van der Waals surface area contributed by atoms with Crippen LogP contribution in [0, 0.1) is 5.92 Å². The zero-order valence-corrected chi connectivity index (χ0v) is 17.6. The Balaban J connectivity index is 1.42. The normalized spacial score (nSPS) is 17.8. The second-order valence-electron chi connectivity index (χ2n) is 7.97. The first-order valence-electron chi connectivity index (χ1n) is 10.6. The highest BCUT2D eigenvalue weighted by atomic mass is 35.5. The zero-order chi connectivity index (χ0) is 20.6. The maximum Gasteiger partial charge on any atom is 0.255 e. The Kier molecular flexibility index (Phi) is 7.92. The standard InChI is InChI=1S/C22H30ClN3O3/c23-19-9-4-3-8-18(19)22(29)26-13-5-12-25(14-15-26)21(28)16-24-20(27)11-10-17-6-1-2-7-17/h3-4,8-9,17H,1-2,5-7,10-16H2,(H,24,27). The number of amides is 3. The number of halogens is 1. The summed E-state index contributed by atoms with van der Waals surface area (Å²) in [6.07, 6.45) is 7.12. The van der Waals surface area contributed by atoms with Crippen molar-refractivity contribution in [3.05, 3.63) is 34.9 Å². The van der Waals surface area contributed by atoms with Gasteiger partial charge in [-0.05, 0) is 30.9 Å². The highest BCUT2D eigenvalue weighted by Crippen LogP contribution is 2.28. The Bertz CT molecular complexity index is 734. The fourth-order valence-electron chi connectivity index (χ4n) is 4.18. The van der Waals surface area contributed by atoms with Gasteiger partial charge in [0, 0.05) is 32.6 Å². The van der Waals surface area contributed by atoms with Crippen molar-refractivity contribution in [1.82, 2.24) is 15.1 Å². The Morgan fingerprint density at radius 1 is 0.966 bits per heavy atom. The summed E-state index contributed by atoms with van der Waals surface area (Å²) < 4.78 is 0. The molecule has 2 aliphatic rings. The van der Waals surface area contributed by atoms with E-state index in [1.165, 1.54) is 25.7 Å². The molecule has 7 heteroatoms. The van der Waals surface area contributed by atoms with Crippen LogP contribution in [0.4, 0.5) is 0 Å². The quantitative estimate of drug-likeness (QED) is 0.770. The largest absolute Gasteiger partial charge is 0.347 e. The van der Waals surface area contributed by atoms with Crippen LogP contribution in [0.2, 0.25) is 5.02 Å². The van der Waals surface area contributed by atoms with Gasteiger partial charge in [0.1, 0.15) is 0 Å². The van der Waals surface area contributed by atoms with Gasteiger partial charge in [-0.25, -0.2) is 0 Å². The molecule has 3 rings (SSSR count). The van der Waals surface area contributed by atoms with Crippen LogP contribution >= 0.6 is 11.6 Å². The molecule has 2 fully saturated rings. The zero-order valence-electron chi connectivity index (χ0n) is 16.9. The van der Waals surface area contributed by atoms with E-state index >= 15 is 0 Å². The molecule has 158 valence electrons. The first kappa shape index (κ1) is 21.6. The van der Waals surface area contributed by atoms with E-state index in [1.807, 2.05) is 0 Å². The summed E-state index contributed by atoms with van der Waals surface area (Å²) >= 11 is 6.14. The van der Waals surface area contributed by atoms with Crippen molar-refractivity contribution in [2.24, 2.45) is 5.92 Å². The summed E-state index contributed by atoms with van der Waals surface area (Å²) in [5.41, 5.74) is 0.489. The van der Waals surface area contributed by atoms with Crippen molar-refractivity contribution in [2.75, 3.05) is 32.7 Å². The second-order valence-corrected chi connectivity index (χ2v) is 8.38. The van der Waals surface area contributed by atoms with E-state index < -0.39 is 0 Å². The van der Waals surface area contributed by atoms with Gasteiger partial charge < -0.3 is 15.1 Å². The van der Waals surface area contributed by atoms with Gasteiger partial charge in [-0.15, -0.1) is 0 Å². The third-order valence-electron chi connectivity index (χ3n) is 5.93. The van der Waals surface area contributed by atoms with Crippen molar-refractivity contribution in [3.63, 3.8) is 0 Å². The molecule has 0 atom stereocenters. The first-order chi connectivity index (χ1) is 14.0. The first-order valence-corrected chi connectivity index (χ1v) is 11.0. The van der Waals surface area contributed by atoms with Gasteiger partial charge in [0.05, 0.1) is 17.1 Å². The van der Waals surface area contributed by atoms with Crippen molar-refractivity contribution in [3.8, 4) is 0 Å². The third kappa shape index (κ3) is 6.20. The van der Waals surface area contributed by atoms with Gasteiger partial charge in [0.2, 0.25) is 11.8 Å². The van der Waals surface area contributed by atoms with Gasteiger partial charge in [-0.3, -0.25) is 14.4 Å². The van der Waals surface area contributed by atoms with Gasteiger partial charge in [0.25, 0.3) is 5.91 Å². The fourth-order valence-corrected chi connectivity index (χ4v) is 4.40. The Labute approximate surface area is 177 Å². The lowest BCUT2D eigenvalue weighted by Gasteiger charge is -2.22. The summed E-state index contributed by atoms with van der Waals surface area (Å²) in [7, 11) is 0. The predicted octanol–water partition coefficient (Wildman–Crippen LogP) is 3.10. The smallest absolute Gasteiger partial charge is 0.255 e. The Morgan fingerprint density at radius 2 is 1.66 bits per heavy atom. The van der Waals surface area contributed by atoms with Gasteiger partial charge >= 0.3 is 0 Å². The van der Waals surface area contributed by atoms with E-state index in [1.54, 1.807) is 34.1 Å². The molecule has 29 heavy (non-hydrogen) atoms. The number of carbonyl (C=O) groups excluding carboxylic acids is 3. The molecule has 0 bridgehead atoms. The Morgan fingerprint density at radius 3 is 2.41 bits per heavy atom. The molecule has 1 saturated heterocycles. The number of carbonyl (C=O) groups is 3. The SMILES string of the molecule is O=C(CCC1CCCC1)NCC(=O)N1CCCN(C(=O)c2ccccc2Cl)CC1. The highest BCUT2D eigenvalue weighted by Gasteiger charge is 2.24. The van der Waals surface area contributed by atoms with Crippen LogP contribution in [0.1, 0.15) is 55.3 Å². The van der Waals surface area contributed by atoms with Crippen molar-refractivity contribution in [2.45, 2.75) is 44.9 Å². The van der Waals surface area contributed by atoms with Crippen molar-refractivity contribution >= 4 is 29.3 Å². The summed E-state index contributed by atoms with van der Waals surface area (Å²) in [6, 6.07) is 7.02. The van der Waals surface area contributed by atoms with Crippen LogP contribution in [-0.2, 0) is 9.59 Å². The fraction of sp³-hybridized carbons (Fsp3) is 0.591. The lowest BCUT2D eigenvalue weighted by atomic mass is 10.0. The average molecular weight is 420 g/mol. The van der Waals surface area contributed by atoms with Crippen LogP contribution in [-0.4, -0.2) is 60.2 Å². The minimum absolute atomic E-state index is 0.0297. The lowest BCUT2D eigenvalue weighted by molar-refractivity contribution is -0.132. The molecule has 0 spiro atoms. The monoisotopic (exact) mass is 419 g/mol. The summed E-state index contributed by atoms with van der Waals surface area (Å²) in [6.45, 7) is 2.13. The number of rotatable bonds is 6.